The van der Waals surface area contributed by atoms with Gasteiger partial charge in [0.25, 0.3) is 0 Å². The molecule has 0 saturated carbocycles. The zero-order valence-corrected chi connectivity index (χ0v) is 15.4. The third kappa shape index (κ3) is 3.71. The van der Waals surface area contributed by atoms with Gasteiger partial charge in [-0.3, -0.25) is 0 Å². The van der Waals surface area contributed by atoms with E-state index in [2.05, 4.69) is 20.3 Å². The van der Waals surface area contributed by atoms with E-state index in [4.69, 9.17) is 4.74 Å². The summed E-state index contributed by atoms with van der Waals surface area (Å²) in [5, 5.41) is 14.7. The second-order valence-corrected chi connectivity index (χ2v) is 6.68. The first-order valence-corrected chi connectivity index (χ1v) is 8.99. The number of aryl methyl sites for hydroxylation is 1. The summed E-state index contributed by atoms with van der Waals surface area (Å²) < 4.78 is 5.97. The van der Waals surface area contributed by atoms with E-state index < -0.39 is 6.10 Å². The Kier molecular flexibility index (Phi) is 4.64. The van der Waals surface area contributed by atoms with Gasteiger partial charge in [-0.25, -0.2) is 9.97 Å². The first-order valence-electron chi connectivity index (χ1n) is 8.99. The highest BCUT2D eigenvalue weighted by molar-refractivity contribution is 6.11. The van der Waals surface area contributed by atoms with Crippen LogP contribution in [0.1, 0.15) is 18.3 Å². The molecule has 0 aliphatic rings. The largest absolute Gasteiger partial charge is 0.489 e. The number of aromatic amines is 1. The summed E-state index contributed by atoms with van der Waals surface area (Å²) in [6.07, 6.45) is -0.467. The smallest absolute Gasteiger partial charge is 0.144 e. The van der Waals surface area contributed by atoms with Gasteiger partial charge in [0.1, 0.15) is 29.6 Å². The monoisotopic (exact) mass is 362 g/mol. The molecule has 2 aromatic carbocycles. The fraction of sp³-hybridized carbons (Fsp3) is 0.238. The molecule has 2 aromatic heterocycles. The van der Waals surface area contributed by atoms with Crippen LogP contribution in [0.3, 0.4) is 0 Å². The molecule has 0 radical (unpaired) electrons. The Labute approximate surface area is 157 Å². The molecule has 0 aliphatic carbocycles. The molecule has 1 unspecified atom stereocenters. The molecule has 27 heavy (non-hydrogen) atoms. The van der Waals surface area contributed by atoms with Gasteiger partial charge in [-0.1, -0.05) is 30.3 Å². The molecule has 6 heteroatoms. The van der Waals surface area contributed by atoms with E-state index in [1.54, 1.807) is 6.92 Å². The van der Waals surface area contributed by atoms with E-state index in [9.17, 15) is 5.11 Å². The van der Waals surface area contributed by atoms with E-state index in [0.717, 1.165) is 33.2 Å². The highest BCUT2D eigenvalue weighted by Crippen LogP contribution is 2.32. The van der Waals surface area contributed by atoms with Crippen LogP contribution < -0.4 is 10.1 Å². The molecule has 0 bridgehead atoms. The van der Waals surface area contributed by atoms with Crippen LogP contribution in [0.4, 0.5) is 5.82 Å². The molecule has 4 rings (SSSR count). The van der Waals surface area contributed by atoms with Gasteiger partial charge >= 0.3 is 0 Å². The zero-order valence-electron chi connectivity index (χ0n) is 15.4. The lowest BCUT2D eigenvalue weighted by Crippen LogP contribution is -2.16. The number of ether oxygens (including phenoxy) is 1. The van der Waals surface area contributed by atoms with E-state index in [-0.39, 0.29) is 0 Å². The van der Waals surface area contributed by atoms with Gasteiger partial charge in [0.15, 0.2) is 0 Å². The molecular weight excluding hydrogens is 340 g/mol. The maximum atomic E-state index is 9.61. The highest BCUT2D eigenvalue weighted by atomic mass is 16.5. The predicted octanol–water partition coefficient (Wildman–Crippen LogP) is 3.79. The highest BCUT2D eigenvalue weighted by Gasteiger charge is 2.14. The van der Waals surface area contributed by atoms with Crippen LogP contribution in [0.15, 0.2) is 48.5 Å². The number of aromatic nitrogens is 3. The Hall–Kier alpha value is -3.12. The maximum Gasteiger partial charge on any atom is 0.144 e. The summed E-state index contributed by atoms with van der Waals surface area (Å²) in [6, 6.07) is 16.0. The Morgan fingerprint density at radius 2 is 1.96 bits per heavy atom. The van der Waals surface area contributed by atoms with Crippen molar-refractivity contribution in [3.05, 3.63) is 59.9 Å². The van der Waals surface area contributed by atoms with Crippen LogP contribution in [0, 0.1) is 6.92 Å². The Balaban J connectivity index is 1.71. The lowest BCUT2D eigenvalue weighted by Gasteiger charge is -2.10. The van der Waals surface area contributed by atoms with Crippen LogP contribution >= 0.6 is 0 Å². The minimum Gasteiger partial charge on any atom is -0.489 e. The second-order valence-electron chi connectivity index (χ2n) is 6.68. The number of nitrogens with one attached hydrogen (secondary N) is 2. The third-order valence-electron chi connectivity index (χ3n) is 4.35. The normalized spacial score (nSPS) is 12.4. The molecule has 0 saturated heterocycles. The predicted molar refractivity (Wildman–Crippen MR) is 107 cm³/mol. The molecule has 0 amide bonds. The number of aliphatic hydroxyl groups is 1. The van der Waals surface area contributed by atoms with Crippen molar-refractivity contribution >= 4 is 27.8 Å². The number of H-pyrrole nitrogens is 1. The SMILES string of the molecule is Cc1nc(NCC(C)O)c2c(n1)[nH]c1ccc(OCc3ccccc3)cc12. The summed E-state index contributed by atoms with van der Waals surface area (Å²) in [5.41, 5.74) is 2.86. The van der Waals surface area contributed by atoms with Crippen molar-refractivity contribution in [3.63, 3.8) is 0 Å². The van der Waals surface area contributed by atoms with Crippen molar-refractivity contribution in [2.45, 2.75) is 26.6 Å². The van der Waals surface area contributed by atoms with Crippen molar-refractivity contribution in [2.24, 2.45) is 0 Å². The summed E-state index contributed by atoms with van der Waals surface area (Å²) in [5.74, 6) is 2.17. The van der Waals surface area contributed by atoms with Crippen LogP contribution in [0.2, 0.25) is 0 Å². The van der Waals surface area contributed by atoms with Crippen molar-refractivity contribution in [3.8, 4) is 5.75 Å². The third-order valence-corrected chi connectivity index (χ3v) is 4.35. The van der Waals surface area contributed by atoms with Crippen LogP contribution in [-0.2, 0) is 6.61 Å². The van der Waals surface area contributed by atoms with Crippen molar-refractivity contribution < 1.29 is 9.84 Å². The zero-order chi connectivity index (χ0) is 18.8. The summed E-state index contributed by atoms with van der Waals surface area (Å²) in [6.45, 7) is 4.52. The van der Waals surface area contributed by atoms with Crippen molar-refractivity contribution in [1.82, 2.24) is 15.0 Å². The van der Waals surface area contributed by atoms with Gasteiger partial charge in [-0.2, -0.15) is 0 Å². The topological polar surface area (TPSA) is 83.1 Å². The number of nitrogens with zero attached hydrogens (tertiary/aromatic N) is 2. The fourth-order valence-corrected chi connectivity index (χ4v) is 3.09. The minimum atomic E-state index is -0.467. The van der Waals surface area contributed by atoms with Gasteiger partial charge < -0.3 is 20.1 Å². The molecule has 2 heterocycles. The van der Waals surface area contributed by atoms with Crippen molar-refractivity contribution in [1.29, 1.82) is 0 Å². The Morgan fingerprint density at radius 3 is 2.74 bits per heavy atom. The molecule has 0 spiro atoms. The number of benzene rings is 2. The standard InChI is InChI=1S/C21H22N4O2/c1-13(26)11-22-20-19-17-10-16(27-12-15-6-4-3-5-7-15)8-9-18(17)25-21(19)24-14(2)23-20/h3-10,13,26H,11-12H2,1-2H3,(H2,22,23,24,25). The van der Waals surface area contributed by atoms with E-state index in [1.807, 2.05) is 55.5 Å². The van der Waals surface area contributed by atoms with Gasteiger partial charge in [-0.15, -0.1) is 0 Å². The van der Waals surface area contributed by atoms with E-state index in [0.29, 0.717) is 24.8 Å². The number of rotatable bonds is 6. The molecule has 3 N–H and O–H groups in total. The number of aliphatic hydroxyl groups excluding tert-OH is 1. The van der Waals surface area contributed by atoms with Crippen LogP contribution in [-0.4, -0.2) is 32.7 Å². The fourth-order valence-electron chi connectivity index (χ4n) is 3.09. The van der Waals surface area contributed by atoms with Crippen LogP contribution in [0.5, 0.6) is 5.75 Å². The molecule has 138 valence electrons. The van der Waals surface area contributed by atoms with Gasteiger partial charge in [0, 0.05) is 17.4 Å². The molecule has 6 nitrogen and oxygen atoms in total. The second kappa shape index (κ2) is 7.25. The first kappa shape index (κ1) is 17.3. The lowest BCUT2D eigenvalue weighted by molar-refractivity contribution is 0.208. The Morgan fingerprint density at radius 1 is 1.15 bits per heavy atom. The summed E-state index contributed by atoms with van der Waals surface area (Å²) in [7, 11) is 0. The van der Waals surface area contributed by atoms with Crippen molar-refractivity contribution in [2.75, 3.05) is 11.9 Å². The number of hydrogen-bond donors (Lipinski definition) is 3. The van der Waals surface area contributed by atoms with E-state index in [1.165, 1.54) is 0 Å². The summed E-state index contributed by atoms with van der Waals surface area (Å²) in [4.78, 5) is 12.4. The average Bonchev–Trinajstić information content (AvgIpc) is 3.02. The molecule has 4 aromatic rings. The molecule has 0 aliphatic heterocycles. The molecule has 0 fully saturated rings. The quantitative estimate of drug-likeness (QED) is 0.486. The number of fused-ring (bicyclic) bond motifs is 3. The van der Waals surface area contributed by atoms with Gasteiger partial charge in [-0.05, 0) is 37.6 Å². The first-order chi connectivity index (χ1) is 13.1. The minimum absolute atomic E-state index is 0.419. The number of hydrogen-bond acceptors (Lipinski definition) is 5. The average molecular weight is 362 g/mol. The molecule has 1 atom stereocenters. The maximum absolute atomic E-state index is 9.61. The molecular formula is C21H22N4O2. The number of anilines is 1. The summed E-state index contributed by atoms with van der Waals surface area (Å²) >= 11 is 0. The van der Waals surface area contributed by atoms with Gasteiger partial charge in [0.2, 0.25) is 0 Å². The van der Waals surface area contributed by atoms with Crippen LogP contribution in [0.25, 0.3) is 21.9 Å². The Bertz CT molecular complexity index is 1070. The lowest BCUT2D eigenvalue weighted by atomic mass is 10.2. The van der Waals surface area contributed by atoms with Gasteiger partial charge in [0.05, 0.1) is 11.5 Å². The van der Waals surface area contributed by atoms with E-state index >= 15 is 0 Å².